The van der Waals surface area contributed by atoms with Gasteiger partial charge in [0.15, 0.2) is 6.10 Å². The Morgan fingerprint density at radius 2 is 1.91 bits per heavy atom. The summed E-state index contributed by atoms with van der Waals surface area (Å²) in [6.45, 7) is -1.27. The average Bonchev–Trinajstić information content (AvgIpc) is 2.77. The molecule has 0 bridgehead atoms. The van der Waals surface area contributed by atoms with E-state index in [9.17, 15) is 23.1 Å². The lowest BCUT2D eigenvalue weighted by Crippen LogP contribution is -2.37. The molecule has 1 unspecified atom stereocenters. The Hall–Kier alpha value is -2.24. The average molecular weight is 346 g/mol. The molecule has 0 fully saturated rings. The zero-order chi connectivity index (χ0) is 17.2. The van der Waals surface area contributed by atoms with Crippen molar-refractivity contribution in [2.75, 3.05) is 0 Å². The molecule has 1 atom stereocenters. The Balaban J connectivity index is 2.52. The summed E-state index contributed by atoms with van der Waals surface area (Å²) in [5, 5.41) is 18.4. The molecule has 2 aromatic rings. The number of nitrogens with zero attached hydrogens (tertiary/aromatic N) is 3. The highest BCUT2D eigenvalue weighted by Gasteiger charge is 2.39. The van der Waals surface area contributed by atoms with Crippen LogP contribution in [0.2, 0.25) is 5.02 Å². The van der Waals surface area contributed by atoms with Crippen molar-refractivity contribution in [1.29, 1.82) is 5.26 Å². The first-order chi connectivity index (χ1) is 10.7. The van der Waals surface area contributed by atoms with E-state index in [-0.39, 0.29) is 12.2 Å². The molecule has 0 saturated heterocycles. The van der Waals surface area contributed by atoms with Gasteiger partial charge in [-0.25, -0.2) is 4.79 Å². The second-order valence-corrected chi connectivity index (χ2v) is 5.19. The van der Waals surface area contributed by atoms with Crippen molar-refractivity contribution >= 4 is 11.6 Å². The van der Waals surface area contributed by atoms with Crippen LogP contribution >= 0.6 is 11.6 Å². The van der Waals surface area contributed by atoms with Crippen molar-refractivity contribution in [3.63, 3.8) is 0 Å². The van der Waals surface area contributed by atoms with Crippen LogP contribution in [-0.4, -0.2) is 26.5 Å². The van der Waals surface area contributed by atoms with E-state index in [0.717, 1.165) is 9.13 Å². The molecule has 0 amide bonds. The molecule has 1 aromatic carbocycles. The van der Waals surface area contributed by atoms with Gasteiger partial charge in [0.25, 0.3) is 0 Å². The van der Waals surface area contributed by atoms with Crippen LogP contribution in [0.1, 0.15) is 0 Å². The van der Waals surface area contributed by atoms with Crippen LogP contribution in [0.3, 0.4) is 0 Å². The van der Waals surface area contributed by atoms with Gasteiger partial charge in [-0.1, -0.05) is 23.7 Å². The first-order valence-electron chi connectivity index (χ1n) is 6.41. The fraction of sp³-hybridized carbons (Fsp3) is 0.286. The van der Waals surface area contributed by atoms with Gasteiger partial charge in [-0.3, -0.25) is 9.13 Å². The van der Waals surface area contributed by atoms with Gasteiger partial charge in [-0.05, 0) is 17.7 Å². The van der Waals surface area contributed by atoms with Gasteiger partial charge >= 0.3 is 11.9 Å². The molecule has 1 heterocycles. The van der Waals surface area contributed by atoms with E-state index in [0.29, 0.717) is 10.6 Å². The van der Waals surface area contributed by atoms with Crippen LogP contribution in [0.25, 0.3) is 11.3 Å². The zero-order valence-corrected chi connectivity index (χ0v) is 12.3. The normalized spacial score (nSPS) is 12.9. The first-order valence-corrected chi connectivity index (χ1v) is 6.79. The van der Waals surface area contributed by atoms with Crippen LogP contribution in [0.4, 0.5) is 13.2 Å². The van der Waals surface area contributed by atoms with E-state index in [1.54, 1.807) is 6.07 Å². The van der Waals surface area contributed by atoms with Crippen LogP contribution < -0.4 is 5.69 Å². The maximum atomic E-state index is 12.6. The Morgan fingerprint density at radius 3 is 2.43 bits per heavy atom. The van der Waals surface area contributed by atoms with E-state index in [1.165, 1.54) is 30.5 Å². The minimum Gasteiger partial charge on any atom is -0.382 e. The molecule has 0 radical (unpaired) electrons. The van der Waals surface area contributed by atoms with Gasteiger partial charge in [-0.2, -0.15) is 18.4 Å². The SMILES string of the molecule is N#CCn1cc(-c2ccc(Cl)cc2)n(CC(O)C(F)(F)F)c1=O. The summed E-state index contributed by atoms with van der Waals surface area (Å²) in [7, 11) is 0. The smallest absolute Gasteiger partial charge is 0.382 e. The number of rotatable bonds is 4. The van der Waals surface area contributed by atoms with Crippen molar-refractivity contribution in [2.45, 2.75) is 25.4 Å². The van der Waals surface area contributed by atoms with Crippen LogP contribution in [-0.2, 0) is 13.1 Å². The molecule has 0 aliphatic heterocycles. The quantitative estimate of drug-likeness (QED) is 0.925. The minimum atomic E-state index is -4.85. The fourth-order valence-corrected chi connectivity index (χ4v) is 2.15. The Labute approximate surface area is 133 Å². The molecular formula is C14H11ClF3N3O2. The number of imidazole rings is 1. The van der Waals surface area contributed by atoms with Gasteiger partial charge in [0, 0.05) is 11.2 Å². The number of alkyl halides is 3. The Bertz CT molecular complexity index is 788. The molecule has 0 spiro atoms. The second kappa shape index (κ2) is 6.48. The molecule has 1 aromatic heterocycles. The third-order valence-electron chi connectivity index (χ3n) is 3.16. The van der Waals surface area contributed by atoms with Gasteiger partial charge in [0.2, 0.25) is 0 Å². The van der Waals surface area contributed by atoms with E-state index >= 15 is 0 Å². The first kappa shape index (κ1) is 17.1. The molecule has 9 heteroatoms. The van der Waals surface area contributed by atoms with Gasteiger partial charge in [0.1, 0.15) is 6.54 Å². The molecule has 122 valence electrons. The number of halogens is 4. The van der Waals surface area contributed by atoms with Crippen molar-refractivity contribution in [3.05, 3.63) is 46.0 Å². The van der Waals surface area contributed by atoms with E-state index in [1.807, 2.05) is 0 Å². The number of aromatic nitrogens is 2. The molecule has 0 aliphatic carbocycles. The lowest BCUT2D eigenvalue weighted by molar-refractivity contribution is -0.207. The Kier molecular flexibility index (Phi) is 4.82. The maximum absolute atomic E-state index is 12.6. The molecule has 1 N–H and O–H groups in total. The predicted molar refractivity (Wildman–Crippen MR) is 76.8 cm³/mol. The maximum Gasteiger partial charge on any atom is 0.416 e. The third-order valence-corrected chi connectivity index (χ3v) is 3.41. The topological polar surface area (TPSA) is 70.9 Å². The third kappa shape index (κ3) is 3.75. The lowest BCUT2D eigenvalue weighted by Gasteiger charge is -2.16. The van der Waals surface area contributed by atoms with Crippen molar-refractivity contribution in [1.82, 2.24) is 9.13 Å². The Morgan fingerprint density at radius 1 is 1.30 bits per heavy atom. The molecule has 0 aliphatic rings. The summed E-state index contributed by atoms with van der Waals surface area (Å²) in [5.41, 5.74) is -0.206. The minimum absolute atomic E-state index is 0.158. The number of hydrogen-bond donors (Lipinski definition) is 1. The van der Waals surface area contributed by atoms with Crippen LogP contribution in [0, 0.1) is 11.3 Å². The van der Waals surface area contributed by atoms with E-state index in [4.69, 9.17) is 16.9 Å². The molecular weight excluding hydrogens is 335 g/mol. The molecule has 0 saturated carbocycles. The highest BCUT2D eigenvalue weighted by atomic mass is 35.5. The lowest BCUT2D eigenvalue weighted by atomic mass is 10.1. The summed E-state index contributed by atoms with van der Waals surface area (Å²) >= 11 is 5.76. The molecule has 23 heavy (non-hydrogen) atoms. The van der Waals surface area contributed by atoms with Crippen LogP contribution in [0.15, 0.2) is 35.3 Å². The summed E-state index contributed by atoms with van der Waals surface area (Å²) in [5.74, 6) is 0. The standard InChI is InChI=1S/C14H11ClF3N3O2/c15-10-3-1-9(2-4-10)11-7-20(6-5-19)13(23)21(11)8-12(22)14(16,17)18/h1-4,7,12,22H,6,8H2. The highest BCUT2D eigenvalue weighted by Crippen LogP contribution is 2.25. The van der Waals surface area contributed by atoms with E-state index in [2.05, 4.69) is 0 Å². The van der Waals surface area contributed by atoms with Gasteiger partial charge in [-0.15, -0.1) is 0 Å². The van der Waals surface area contributed by atoms with Crippen molar-refractivity contribution in [2.24, 2.45) is 0 Å². The van der Waals surface area contributed by atoms with Crippen molar-refractivity contribution < 1.29 is 18.3 Å². The monoisotopic (exact) mass is 345 g/mol. The number of aliphatic hydroxyl groups is 1. The second-order valence-electron chi connectivity index (χ2n) is 4.76. The molecule has 5 nitrogen and oxygen atoms in total. The van der Waals surface area contributed by atoms with Crippen molar-refractivity contribution in [3.8, 4) is 17.3 Å². The number of aliphatic hydroxyl groups excluding tert-OH is 1. The number of benzene rings is 1. The highest BCUT2D eigenvalue weighted by molar-refractivity contribution is 6.30. The number of hydrogen-bond acceptors (Lipinski definition) is 3. The van der Waals surface area contributed by atoms with E-state index < -0.39 is 24.5 Å². The van der Waals surface area contributed by atoms with Gasteiger partial charge in [0.05, 0.1) is 18.3 Å². The van der Waals surface area contributed by atoms with Crippen LogP contribution in [0.5, 0.6) is 0 Å². The summed E-state index contributed by atoms with van der Waals surface area (Å²) < 4.78 is 39.5. The predicted octanol–water partition coefficient (Wildman–Crippen LogP) is 2.42. The summed E-state index contributed by atoms with van der Waals surface area (Å²) in [6.07, 6.45) is -6.27. The fourth-order valence-electron chi connectivity index (χ4n) is 2.02. The number of nitriles is 1. The summed E-state index contributed by atoms with van der Waals surface area (Å²) in [6, 6.07) is 7.86. The summed E-state index contributed by atoms with van der Waals surface area (Å²) in [4.78, 5) is 12.2. The largest absolute Gasteiger partial charge is 0.416 e. The zero-order valence-electron chi connectivity index (χ0n) is 11.6. The molecule has 2 rings (SSSR count). The van der Waals surface area contributed by atoms with Gasteiger partial charge < -0.3 is 5.11 Å².